The van der Waals surface area contributed by atoms with Crippen LogP contribution in [-0.2, 0) is 11.8 Å². The highest BCUT2D eigenvalue weighted by Crippen LogP contribution is 2.46. The number of benzene rings is 1. The summed E-state index contributed by atoms with van der Waals surface area (Å²) in [5.41, 5.74) is 2.02. The third-order valence-electron chi connectivity index (χ3n) is 3.84. The second kappa shape index (κ2) is 4.53. The van der Waals surface area contributed by atoms with Crippen LogP contribution in [0.3, 0.4) is 0 Å². The zero-order chi connectivity index (χ0) is 13.6. The van der Waals surface area contributed by atoms with Gasteiger partial charge in [0, 0.05) is 12.4 Å². The molecule has 4 nitrogen and oxygen atoms in total. The molecule has 1 atom stereocenters. The minimum atomic E-state index is -0.748. The monoisotopic (exact) mass is 278 g/mol. The van der Waals surface area contributed by atoms with Crippen LogP contribution in [-0.4, -0.2) is 20.9 Å². The lowest BCUT2D eigenvalue weighted by molar-refractivity contribution is -0.137. The van der Waals surface area contributed by atoms with Gasteiger partial charge in [0.15, 0.2) is 5.15 Å². The Morgan fingerprint density at radius 3 is 2.95 bits per heavy atom. The standard InChI is InChI=1S/C14H15ClN2O2/c1-17-13-9(3-2-4-10(13)14(15)16-17)11(7-12(18)19)8-5-6-8/h2-4,8,11H,5-7H2,1H3,(H,18,19). The Labute approximate surface area is 116 Å². The van der Waals surface area contributed by atoms with Crippen LogP contribution in [0.5, 0.6) is 0 Å². The maximum Gasteiger partial charge on any atom is 0.303 e. The third kappa shape index (κ3) is 2.21. The fourth-order valence-corrected chi connectivity index (χ4v) is 3.11. The molecule has 0 bridgehead atoms. The van der Waals surface area contributed by atoms with Gasteiger partial charge in [0.25, 0.3) is 0 Å². The van der Waals surface area contributed by atoms with Crippen molar-refractivity contribution in [3.8, 4) is 0 Å². The number of aryl methyl sites for hydroxylation is 1. The van der Waals surface area contributed by atoms with Gasteiger partial charge in [-0.25, -0.2) is 0 Å². The average Bonchev–Trinajstić information content (AvgIpc) is 3.14. The highest BCUT2D eigenvalue weighted by molar-refractivity contribution is 6.34. The van der Waals surface area contributed by atoms with E-state index in [0.29, 0.717) is 11.1 Å². The largest absolute Gasteiger partial charge is 0.481 e. The second-order valence-electron chi connectivity index (χ2n) is 5.20. The van der Waals surface area contributed by atoms with Gasteiger partial charge in [-0.1, -0.05) is 23.7 Å². The summed E-state index contributed by atoms with van der Waals surface area (Å²) in [5.74, 6) is -0.204. The van der Waals surface area contributed by atoms with Gasteiger partial charge in [0.05, 0.1) is 11.9 Å². The molecule has 19 heavy (non-hydrogen) atoms. The molecule has 0 radical (unpaired) electrons. The fourth-order valence-electron chi connectivity index (χ4n) is 2.84. The number of aliphatic carboxylic acids is 1. The van der Waals surface area contributed by atoms with Gasteiger partial charge >= 0.3 is 5.97 Å². The Balaban J connectivity index is 2.14. The number of para-hydroxylation sites is 1. The van der Waals surface area contributed by atoms with Crippen molar-refractivity contribution in [1.82, 2.24) is 9.78 Å². The Bertz CT molecular complexity index is 646. The molecule has 1 N–H and O–H groups in total. The molecule has 1 unspecified atom stereocenters. The minimum absolute atomic E-state index is 0.0627. The molecule has 5 heteroatoms. The first-order chi connectivity index (χ1) is 9.08. The van der Waals surface area contributed by atoms with Crippen LogP contribution in [0.1, 0.15) is 30.7 Å². The van der Waals surface area contributed by atoms with Gasteiger partial charge in [0.1, 0.15) is 0 Å². The molecule has 2 aromatic rings. The lowest BCUT2D eigenvalue weighted by atomic mass is 9.89. The number of nitrogens with zero attached hydrogens (tertiary/aromatic N) is 2. The molecule has 100 valence electrons. The molecule has 0 saturated heterocycles. The van der Waals surface area contributed by atoms with E-state index in [0.717, 1.165) is 29.3 Å². The molecule has 1 aromatic heterocycles. The van der Waals surface area contributed by atoms with Gasteiger partial charge < -0.3 is 5.11 Å². The van der Waals surface area contributed by atoms with Crippen molar-refractivity contribution < 1.29 is 9.90 Å². The van der Waals surface area contributed by atoms with Crippen molar-refractivity contribution in [2.45, 2.75) is 25.2 Å². The molecule has 1 fully saturated rings. The van der Waals surface area contributed by atoms with Gasteiger partial charge in [-0.3, -0.25) is 9.48 Å². The van der Waals surface area contributed by atoms with Crippen molar-refractivity contribution in [2.75, 3.05) is 0 Å². The second-order valence-corrected chi connectivity index (χ2v) is 5.56. The van der Waals surface area contributed by atoms with E-state index < -0.39 is 5.97 Å². The van der Waals surface area contributed by atoms with Gasteiger partial charge in [0.2, 0.25) is 0 Å². The Hall–Kier alpha value is -1.55. The van der Waals surface area contributed by atoms with Crippen LogP contribution >= 0.6 is 11.6 Å². The van der Waals surface area contributed by atoms with E-state index in [1.54, 1.807) is 4.68 Å². The predicted molar refractivity (Wildman–Crippen MR) is 73.4 cm³/mol. The summed E-state index contributed by atoms with van der Waals surface area (Å²) in [7, 11) is 1.85. The lowest BCUT2D eigenvalue weighted by Crippen LogP contribution is -2.10. The number of carboxylic acid groups (broad SMARTS) is 1. The highest BCUT2D eigenvalue weighted by atomic mass is 35.5. The van der Waals surface area contributed by atoms with Crippen molar-refractivity contribution in [3.05, 3.63) is 28.9 Å². The highest BCUT2D eigenvalue weighted by Gasteiger charge is 2.35. The van der Waals surface area contributed by atoms with Crippen molar-refractivity contribution in [1.29, 1.82) is 0 Å². The molecule has 1 aliphatic rings. The minimum Gasteiger partial charge on any atom is -0.481 e. The third-order valence-corrected chi connectivity index (χ3v) is 4.12. The van der Waals surface area contributed by atoms with Crippen LogP contribution in [0, 0.1) is 5.92 Å². The van der Waals surface area contributed by atoms with Crippen LogP contribution < -0.4 is 0 Å². The number of hydrogen-bond donors (Lipinski definition) is 1. The van der Waals surface area contributed by atoms with E-state index in [-0.39, 0.29) is 12.3 Å². The number of halogens is 1. The Morgan fingerprint density at radius 2 is 2.32 bits per heavy atom. The first-order valence-corrected chi connectivity index (χ1v) is 6.78. The molecular formula is C14H15ClN2O2. The summed E-state index contributed by atoms with van der Waals surface area (Å²) < 4.78 is 1.75. The zero-order valence-electron chi connectivity index (χ0n) is 10.6. The van der Waals surface area contributed by atoms with Crippen LogP contribution in [0.4, 0.5) is 0 Å². The van der Waals surface area contributed by atoms with Crippen molar-refractivity contribution in [3.63, 3.8) is 0 Å². The SMILES string of the molecule is Cn1nc(Cl)c2cccc(C(CC(=O)O)C3CC3)c21. The van der Waals surface area contributed by atoms with Gasteiger partial charge in [-0.15, -0.1) is 0 Å². The van der Waals surface area contributed by atoms with Crippen LogP contribution in [0.2, 0.25) is 5.15 Å². The quantitative estimate of drug-likeness (QED) is 0.934. The van der Waals surface area contributed by atoms with Crippen molar-refractivity contribution in [2.24, 2.45) is 13.0 Å². The van der Waals surface area contributed by atoms with Crippen LogP contribution in [0.15, 0.2) is 18.2 Å². The molecule has 1 saturated carbocycles. The van der Waals surface area contributed by atoms with E-state index in [1.807, 2.05) is 25.2 Å². The molecule has 1 heterocycles. The summed E-state index contributed by atoms with van der Waals surface area (Å²) in [6.45, 7) is 0. The smallest absolute Gasteiger partial charge is 0.303 e. The van der Waals surface area contributed by atoms with Crippen LogP contribution in [0.25, 0.3) is 10.9 Å². The predicted octanol–water partition coefficient (Wildman–Crippen LogP) is 3.20. The average molecular weight is 279 g/mol. The summed E-state index contributed by atoms with van der Waals surface area (Å²) in [5, 5.41) is 14.7. The molecule has 3 rings (SSSR count). The molecule has 1 aromatic carbocycles. The number of carbonyl (C=O) groups is 1. The van der Waals surface area contributed by atoms with E-state index in [9.17, 15) is 4.79 Å². The molecule has 0 spiro atoms. The Kier molecular flexibility index (Phi) is 2.97. The molecule has 0 aliphatic heterocycles. The molecule has 0 amide bonds. The summed E-state index contributed by atoms with van der Waals surface area (Å²) in [4.78, 5) is 11.1. The first-order valence-electron chi connectivity index (χ1n) is 6.41. The number of hydrogen-bond acceptors (Lipinski definition) is 2. The Morgan fingerprint density at radius 1 is 1.58 bits per heavy atom. The van der Waals surface area contributed by atoms with Gasteiger partial charge in [-0.05, 0) is 36.3 Å². The first kappa shape index (κ1) is 12.5. The van der Waals surface area contributed by atoms with Gasteiger partial charge in [-0.2, -0.15) is 5.10 Å². The fraction of sp³-hybridized carbons (Fsp3) is 0.429. The number of aromatic nitrogens is 2. The number of carboxylic acids is 1. The summed E-state index contributed by atoms with van der Waals surface area (Å²) in [6.07, 6.45) is 2.40. The van der Waals surface area contributed by atoms with E-state index in [4.69, 9.17) is 16.7 Å². The van der Waals surface area contributed by atoms with E-state index >= 15 is 0 Å². The van der Waals surface area contributed by atoms with E-state index in [1.165, 1.54) is 0 Å². The lowest BCUT2D eigenvalue weighted by Gasteiger charge is -2.16. The zero-order valence-corrected chi connectivity index (χ0v) is 11.4. The topological polar surface area (TPSA) is 55.1 Å². The summed E-state index contributed by atoms with van der Waals surface area (Å²) in [6, 6.07) is 5.87. The maximum absolute atomic E-state index is 11.1. The number of rotatable bonds is 4. The maximum atomic E-state index is 11.1. The molecular weight excluding hydrogens is 264 g/mol. The normalized spacial score (nSPS) is 16.7. The van der Waals surface area contributed by atoms with E-state index in [2.05, 4.69) is 5.10 Å². The summed E-state index contributed by atoms with van der Waals surface area (Å²) >= 11 is 6.11. The molecule has 1 aliphatic carbocycles. The van der Waals surface area contributed by atoms with Crippen molar-refractivity contribution >= 4 is 28.5 Å². The number of fused-ring (bicyclic) bond motifs is 1.